The quantitative estimate of drug-likeness (QED) is 0.346. The number of rotatable bonds is 5. The molecule has 4 unspecified atom stereocenters. The van der Waals surface area contributed by atoms with Crippen LogP contribution in [0.1, 0.15) is 17.5 Å². The first-order valence-electron chi connectivity index (χ1n) is 9.79. The molecule has 2 aliphatic carbocycles. The Morgan fingerprint density at radius 2 is 1.80 bits per heavy atom. The summed E-state index contributed by atoms with van der Waals surface area (Å²) in [5.41, 5.74) is 1.53. The van der Waals surface area contributed by atoms with E-state index in [9.17, 15) is 9.59 Å². The van der Waals surface area contributed by atoms with E-state index in [1.54, 1.807) is 0 Å². The maximum Gasteiger partial charge on any atom is 0.254 e. The smallest absolute Gasteiger partial charge is 0.254 e. The molecule has 1 saturated carbocycles. The highest BCUT2D eigenvalue weighted by atomic mass is 79.9. The zero-order valence-electron chi connectivity index (χ0n) is 15.9. The van der Waals surface area contributed by atoms with Crippen molar-refractivity contribution in [1.82, 2.24) is 5.01 Å². The number of benzene rings is 2. The molecule has 30 heavy (non-hydrogen) atoms. The van der Waals surface area contributed by atoms with Crippen LogP contribution >= 0.6 is 27.5 Å². The number of ether oxygens (including phenoxy) is 1. The third-order valence-corrected chi connectivity index (χ3v) is 6.93. The molecule has 4 atom stereocenters. The van der Waals surface area contributed by atoms with Crippen LogP contribution in [0.25, 0.3) is 0 Å². The number of carbonyl (C=O) groups is 2. The zero-order valence-corrected chi connectivity index (χ0v) is 18.2. The highest BCUT2D eigenvalue weighted by molar-refractivity contribution is 9.10. The molecule has 5 rings (SSSR count). The Kier molecular flexibility index (Phi) is 4.99. The average Bonchev–Trinajstić information content (AvgIpc) is 3.41. The van der Waals surface area contributed by atoms with Crippen LogP contribution in [-0.4, -0.2) is 23.0 Å². The first-order valence-corrected chi connectivity index (χ1v) is 11.0. The summed E-state index contributed by atoms with van der Waals surface area (Å²) in [5.74, 6) is -0.0126. The van der Waals surface area contributed by atoms with Gasteiger partial charge in [0.15, 0.2) is 0 Å². The van der Waals surface area contributed by atoms with E-state index in [4.69, 9.17) is 16.3 Å². The number of hydrazone groups is 1. The fraction of sp³-hybridized carbons (Fsp3) is 0.261. The molecule has 0 spiro atoms. The lowest BCUT2D eigenvalue weighted by Crippen LogP contribution is -2.28. The molecule has 0 aromatic heterocycles. The lowest BCUT2D eigenvalue weighted by molar-refractivity contribution is -0.140. The Labute approximate surface area is 187 Å². The van der Waals surface area contributed by atoms with Crippen LogP contribution in [-0.2, 0) is 16.2 Å². The van der Waals surface area contributed by atoms with Crippen molar-refractivity contribution in [3.8, 4) is 5.75 Å². The lowest BCUT2D eigenvalue weighted by atomic mass is 9.85. The second-order valence-corrected chi connectivity index (χ2v) is 9.12. The standard InChI is InChI=1S/C23H18BrClN2O3/c24-17-7-8-19(30-12-15-3-1-2-4-18(15)25)16(10-17)11-26-27-22(28)20-13-5-6-14(9-13)21(20)23(27)29/h1-8,10-11,13-14,20-21H,9,12H2. The van der Waals surface area contributed by atoms with Crippen molar-refractivity contribution < 1.29 is 14.3 Å². The minimum Gasteiger partial charge on any atom is -0.488 e. The summed E-state index contributed by atoms with van der Waals surface area (Å²) in [7, 11) is 0. The molecule has 2 fully saturated rings. The predicted octanol–water partition coefficient (Wildman–Crippen LogP) is 4.82. The van der Waals surface area contributed by atoms with E-state index >= 15 is 0 Å². The molecule has 3 aliphatic rings. The van der Waals surface area contributed by atoms with Gasteiger partial charge < -0.3 is 4.74 Å². The lowest BCUT2D eigenvalue weighted by Gasteiger charge is -2.13. The monoisotopic (exact) mass is 484 g/mol. The Morgan fingerprint density at radius 3 is 2.50 bits per heavy atom. The molecule has 2 aromatic rings. The number of nitrogens with zero attached hydrogens (tertiary/aromatic N) is 2. The molecule has 1 saturated heterocycles. The Bertz CT molecular complexity index is 1070. The zero-order chi connectivity index (χ0) is 20.8. The van der Waals surface area contributed by atoms with E-state index in [1.807, 2.05) is 42.5 Å². The number of imide groups is 1. The minimum absolute atomic E-state index is 0.164. The number of halogens is 2. The highest BCUT2D eigenvalue weighted by Crippen LogP contribution is 2.52. The van der Waals surface area contributed by atoms with Gasteiger partial charge in [0.25, 0.3) is 11.8 Å². The van der Waals surface area contributed by atoms with E-state index in [2.05, 4.69) is 33.2 Å². The van der Waals surface area contributed by atoms with Crippen molar-refractivity contribution in [2.24, 2.45) is 28.8 Å². The van der Waals surface area contributed by atoms with Gasteiger partial charge in [-0.15, -0.1) is 0 Å². The summed E-state index contributed by atoms with van der Waals surface area (Å²) in [4.78, 5) is 25.6. The molecule has 5 nitrogen and oxygen atoms in total. The fourth-order valence-corrected chi connectivity index (χ4v) is 5.21. The Balaban J connectivity index is 1.36. The van der Waals surface area contributed by atoms with Gasteiger partial charge in [-0.1, -0.05) is 57.9 Å². The average molecular weight is 486 g/mol. The predicted molar refractivity (Wildman–Crippen MR) is 117 cm³/mol. The number of carbonyl (C=O) groups excluding carboxylic acids is 2. The molecule has 1 heterocycles. The van der Waals surface area contributed by atoms with Crippen molar-refractivity contribution >= 4 is 45.6 Å². The molecule has 0 N–H and O–H groups in total. The molecule has 0 radical (unpaired) electrons. The van der Waals surface area contributed by atoms with Crippen LogP contribution in [0, 0.1) is 23.7 Å². The number of fused-ring (bicyclic) bond motifs is 5. The van der Waals surface area contributed by atoms with Crippen molar-refractivity contribution in [2.75, 3.05) is 0 Å². The van der Waals surface area contributed by atoms with E-state index in [0.717, 1.165) is 21.5 Å². The first kappa shape index (κ1) is 19.5. The summed E-state index contributed by atoms with van der Waals surface area (Å²) in [6.07, 6.45) is 6.55. The van der Waals surface area contributed by atoms with Crippen LogP contribution in [0.5, 0.6) is 5.75 Å². The van der Waals surface area contributed by atoms with E-state index in [-0.39, 0.29) is 35.5 Å². The van der Waals surface area contributed by atoms with Crippen LogP contribution in [0.15, 0.2) is 64.2 Å². The van der Waals surface area contributed by atoms with Crippen LogP contribution in [0.4, 0.5) is 0 Å². The normalized spacial score (nSPS) is 26.8. The van der Waals surface area contributed by atoms with Gasteiger partial charge in [0, 0.05) is 20.6 Å². The molecule has 7 heteroatoms. The Hall–Kier alpha value is -2.44. The maximum absolute atomic E-state index is 12.8. The minimum atomic E-state index is -0.261. The molecular formula is C23H18BrClN2O3. The highest BCUT2D eigenvalue weighted by Gasteiger charge is 2.59. The summed E-state index contributed by atoms with van der Waals surface area (Å²) in [6.45, 7) is 0.295. The second kappa shape index (κ2) is 7.67. The summed E-state index contributed by atoms with van der Waals surface area (Å²) >= 11 is 9.66. The van der Waals surface area contributed by atoms with Crippen LogP contribution < -0.4 is 4.74 Å². The van der Waals surface area contributed by atoms with Crippen molar-refractivity contribution in [2.45, 2.75) is 13.0 Å². The SMILES string of the molecule is O=C1C2C3C=CC(C3)C2C(=O)N1N=Cc1cc(Br)ccc1OCc1ccccc1Cl. The third-order valence-electron chi connectivity index (χ3n) is 6.07. The topological polar surface area (TPSA) is 59.0 Å². The van der Waals surface area contributed by atoms with Gasteiger partial charge in [-0.25, -0.2) is 0 Å². The van der Waals surface area contributed by atoms with Gasteiger partial charge in [-0.2, -0.15) is 10.1 Å². The van der Waals surface area contributed by atoms with Gasteiger partial charge in [0.05, 0.1) is 18.1 Å². The number of allylic oxidation sites excluding steroid dienone is 2. The fourth-order valence-electron chi connectivity index (χ4n) is 4.64. The Morgan fingerprint density at radius 1 is 1.10 bits per heavy atom. The molecule has 152 valence electrons. The summed E-state index contributed by atoms with van der Waals surface area (Å²) in [5, 5.41) is 5.94. The number of hydrogen-bond acceptors (Lipinski definition) is 4. The molecule has 2 aromatic carbocycles. The van der Waals surface area contributed by atoms with Crippen LogP contribution in [0.2, 0.25) is 5.02 Å². The largest absolute Gasteiger partial charge is 0.488 e. The van der Waals surface area contributed by atoms with Gasteiger partial charge >= 0.3 is 0 Å². The second-order valence-electron chi connectivity index (χ2n) is 7.79. The van der Waals surface area contributed by atoms with Crippen molar-refractivity contribution in [1.29, 1.82) is 0 Å². The summed E-state index contributed by atoms with van der Waals surface area (Å²) < 4.78 is 6.79. The van der Waals surface area contributed by atoms with Crippen LogP contribution in [0.3, 0.4) is 0 Å². The van der Waals surface area contributed by atoms with Gasteiger partial charge in [-0.05, 0) is 42.5 Å². The van der Waals surface area contributed by atoms with E-state index in [0.29, 0.717) is 22.9 Å². The molecule has 1 aliphatic heterocycles. The van der Waals surface area contributed by atoms with Gasteiger partial charge in [-0.3, -0.25) is 9.59 Å². The number of amides is 2. The third kappa shape index (κ3) is 3.28. The molecule has 2 bridgehead atoms. The van der Waals surface area contributed by atoms with E-state index < -0.39 is 0 Å². The van der Waals surface area contributed by atoms with Gasteiger partial charge in [0.1, 0.15) is 12.4 Å². The van der Waals surface area contributed by atoms with Crippen molar-refractivity contribution in [3.63, 3.8) is 0 Å². The molecule has 2 amide bonds. The van der Waals surface area contributed by atoms with Gasteiger partial charge in [0.2, 0.25) is 0 Å². The first-order chi connectivity index (χ1) is 14.5. The van der Waals surface area contributed by atoms with E-state index in [1.165, 1.54) is 6.21 Å². The summed E-state index contributed by atoms with van der Waals surface area (Å²) in [6, 6.07) is 13.0. The van der Waals surface area contributed by atoms with Crippen molar-refractivity contribution in [3.05, 3.63) is 75.2 Å². The maximum atomic E-state index is 12.8. The number of hydrogen-bond donors (Lipinski definition) is 0. The molecular weight excluding hydrogens is 468 g/mol.